The van der Waals surface area contributed by atoms with Gasteiger partial charge < -0.3 is 5.32 Å². The summed E-state index contributed by atoms with van der Waals surface area (Å²) in [6.07, 6.45) is 1.85. The molecule has 1 heterocycles. The van der Waals surface area contributed by atoms with Crippen molar-refractivity contribution in [2.24, 2.45) is 10.9 Å². The third-order valence-electron chi connectivity index (χ3n) is 2.43. The Labute approximate surface area is 89.2 Å². The molecule has 0 saturated heterocycles. The Balaban J connectivity index is 2.16. The van der Waals surface area contributed by atoms with E-state index in [-0.39, 0.29) is 11.8 Å². The number of amides is 1. The van der Waals surface area contributed by atoms with Crippen LogP contribution in [0.4, 0.5) is 5.69 Å². The van der Waals surface area contributed by atoms with Crippen LogP contribution in [-0.2, 0) is 11.3 Å². The minimum atomic E-state index is 0.00641. The zero-order valence-corrected chi connectivity index (χ0v) is 8.95. The van der Waals surface area contributed by atoms with Crippen molar-refractivity contribution in [2.45, 2.75) is 20.4 Å². The van der Waals surface area contributed by atoms with Crippen molar-refractivity contribution in [3.05, 3.63) is 29.3 Å². The quantitative estimate of drug-likeness (QED) is 0.784. The Bertz CT molecular complexity index is 422. The second-order valence-corrected chi connectivity index (χ2v) is 4.03. The molecule has 0 unspecified atom stereocenters. The van der Waals surface area contributed by atoms with Gasteiger partial charge in [0.2, 0.25) is 5.91 Å². The van der Waals surface area contributed by atoms with Crippen LogP contribution in [0.1, 0.15) is 25.0 Å². The summed E-state index contributed by atoms with van der Waals surface area (Å²) in [6, 6.07) is 5.90. The van der Waals surface area contributed by atoms with Gasteiger partial charge in [-0.3, -0.25) is 9.79 Å². The molecular weight excluding hydrogens is 188 g/mol. The number of hydrogen-bond donors (Lipinski definition) is 1. The number of hydrogen-bond acceptors (Lipinski definition) is 2. The van der Waals surface area contributed by atoms with Crippen molar-refractivity contribution in [3.63, 3.8) is 0 Å². The number of nitrogens with zero attached hydrogens (tertiary/aromatic N) is 1. The number of rotatable bonds is 2. The van der Waals surface area contributed by atoms with E-state index in [0.717, 1.165) is 17.8 Å². The smallest absolute Gasteiger partial charge is 0.226 e. The van der Waals surface area contributed by atoms with Gasteiger partial charge in [-0.15, -0.1) is 0 Å². The third kappa shape index (κ3) is 2.06. The molecule has 0 bridgehead atoms. The average molecular weight is 202 g/mol. The van der Waals surface area contributed by atoms with Crippen molar-refractivity contribution in [1.82, 2.24) is 0 Å². The highest BCUT2D eigenvalue weighted by Crippen LogP contribution is 2.19. The van der Waals surface area contributed by atoms with E-state index in [1.54, 1.807) is 0 Å². The first kappa shape index (κ1) is 9.90. The molecule has 0 saturated carbocycles. The van der Waals surface area contributed by atoms with Gasteiger partial charge in [0.25, 0.3) is 0 Å². The lowest BCUT2D eigenvalue weighted by molar-refractivity contribution is -0.118. The van der Waals surface area contributed by atoms with Gasteiger partial charge in [0.15, 0.2) is 0 Å². The Morgan fingerprint density at radius 3 is 3.00 bits per heavy atom. The summed E-state index contributed by atoms with van der Waals surface area (Å²) >= 11 is 0. The number of benzene rings is 1. The summed E-state index contributed by atoms with van der Waals surface area (Å²) in [5.74, 6) is 0.0526. The highest BCUT2D eigenvalue weighted by molar-refractivity contribution is 5.94. The van der Waals surface area contributed by atoms with Crippen molar-refractivity contribution >= 4 is 17.8 Å². The Hall–Kier alpha value is -1.64. The number of nitrogens with one attached hydrogen (secondary N) is 1. The van der Waals surface area contributed by atoms with Gasteiger partial charge in [0, 0.05) is 17.8 Å². The van der Waals surface area contributed by atoms with Gasteiger partial charge in [-0.05, 0) is 23.3 Å². The Morgan fingerprint density at radius 2 is 2.27 bits per heavy atom. The average Bonchev–Trinajstić information content (AvgIpc) is 2.64. The predicted octanol–water partition coefficient (Wildman–Crippen LogP) is 2.21. The topological polar surface area (TPSA) is 41.5 Å². The maximum Gasteiger partial charge on any atom is 0.226 e. The molecule has 0 fully saturated rings. The molecule has 2 rings (SSSR count). The Kier molecular flexibility index (Phi) is 2.54. The van der Waals surface area contributed by atoms with E-state index in [1.165, 1.54) is 5.56 Å². The van der Waals surface area contributed by atoms with Crippen LogP contribution in [0.25, 0.3) is 0 Å². The fourth-order valence-electron chi connectivity index (χ4n) is 1.47. The monoisotopic (exact) mass is 202 g/mol. The Morgan fingerprint density at radius 1 is 1.47 bits per heavy atom. The van der Waals surface area contributed by atoms with Gasteiger partial charge in [-0.2, -0.15) is 0 Å². The number of carbonyl (C=O) groups is 1. The van der Waals surface area contributed by atoms with Gasteiger partial charge in [0.05, 0.1) is 6.54 Å². The summed E-state index contributed by atoms with van der Waals surface area (Å²) in [7, 11) is 0. The highest BCUT2D eigenvalue weighted by Gasteiger charge is 2.10. The molecule has 1 aromatic carbocycles. The fraction of sp³-hybridized carbons (Fsp3) is 0.333. The minimum absolute atomic E-state index is 0.00641. The zero-order chi connectivity index (χ0) is 10.8. The molecule has 1 aromatic rings. The molecule has 1 aliphatic heterocycles. The lowest BCUT2D eigenvalue weighted by Crippen LogP contribution is -2.17. The van der Waals surface area contributed by atoms with E-state index in [1.807, 2.05) is 38.3 Å². The van der Waals surface area contributed by atoms with Crippen LogP contribution in [0, 0.1) is 5.92 Å². The lowest BCUT2D eigenvalue weighted by Gasteiger charge is -2.08. The van der Waals surface area contributed by atoms with Gasteiger partial charge >= 0.3 is 0 Å². The van der Waals surface area contributed by atoms with E-state index >= 15 is 0 Å². The first-order valence-electron chi connectivity index (χ1n) is 5.10. The summed E-state index contributed by atoms with van der Waals surface area (Å²) in [4.78, 5) is 15.6. The SMILES string of the molecule is CC(C)C(=O)Nc1ccc2c(c1)C=NC2. The van der Waals surface area contributed by atoms with Crippen LogP contribution in [0.5, 0.6) is 0 Å². The zero-order valence-electron chi connectivity index (χ0n) is 8.95. The van der Waals surface area contributed by atoms with Crippen LogP contribution >= 0.6 is 0 Å². The summed E-state index contributed by atoms with van der Waals surface area (Å²) in [6.45, 7) is 4.52. The summed E-state index contributed by atoms with van der Waals surface area (Å²) in [5.41, 5.74) is 3.18. The second-order valence-electron chi connectivity index (χ2n) is 4.03. The molecule has 3 nitrogen and oxygen atoms in total. The largest absolute Gasteiger partial charge is 0.326 e. The van der Waals surface area contributed by atoms with Crippen LogP contribution in [-0.4, -0.2) is 12.1 Å². The molecular formula is C12H14N2O. The lowest BCUT2D eigenvalue weighted by atomic mass is 10.1. The maximum absolute atomic E-state index is 11.5. The van der Waals surface area contributed by atoms with Gasteiger partial charge in [-0.25, -0.2) is 0 Å². The second kappa shape index (κ2) is 3.85. The highest BCUT2D eigenvalue weighted by atomic mass is 16.1. The van der Waals surface area contributed by atoms with E-state index < -0.39 is 0 Å². The molecule has 0 aromatic heterocycles. The molecule has 15 heavy (non-hydrogen) atoms. The van der Waals surface area contributed by atoms with Crippen LogP contribution in [0.3, 0.4) is 0 Å². The first-order chi connectivity index (χ1) is 7.16. The number of fused-ring (bicyclic) bond motifs is 1. The third-order valence-corrected chi connectivity index (χ3v) is 2.43. The van der Waals surface area contributed by atoms with E-state index in [9.17, 15) is 4.79 Å². The van der Waals surface area contributed by atoms with Crippen molar-refractivity contribution in [3.8, 4) is 0 Å². The molecule has 78 valence electrons. The fourth-order valence-corrected chi connectivity index (χ4v) is 1.47. The number of anilines is 1. The molecule has 0 aliphatic carbocycles. The molecule has 1 amide bonds. The standard InChI is InChI=1S/C12H14N2O/c1-8(2)12(15)14-11-4-3-9-6-13-7-10(9)5-11/h3-5,7-8H,6H2,1-2H3,(H,14,15). The molecule has 0 spiro atoms. The molecule has 1 aliphatic rings. The molecule has 1 N–H and O–H groups in total. The maximum atomic E-state index is 11.5. The predicted molar refractivity (Wildman–Crippen MR) is 61.2 cm³/mol. The van der Waals surface area contributed by atoms with Gasteiger partial charge in [-0.1, -0.05) is 19.9 Å². The number of aliphatic imine (C=N–C) groups is 1. The van der Waals surface area contributed by atoms with E-state index in [0.29, 0.717) is 0 Å². The summed E-state index contributed by atoms with van der Waals surface area (Å²) < 4.78 is 0. The van der Waals surface area contributed by atoms with Crippen LogP contribution in [0.15, 0.2) is 23.2 Å². The molecule has 0 radical (unpaired) electrons. The van der Waals surface area contributed by atoms with Crippen molar-refractivity contribution < 1.29 is 4.79 Å². The summed E-state index contributed by atoms with van der Waals surface area (Å²) in [5, 5.41) is 2.87. The van der Waals surface area contributed by atoms with Gasteiger partial charge in [0.1, 0.15) is 0 Å². The first-order valence-corrected chi connectivity index (χ1v) is 5.10. The van der Waals surface area contributed by atoms with Crippen LogP contribution in [0.2, 0.25) is 0 Å². The number of carbonyl (C=O) groups excluding carboxylic acids is 1. The van der Waals surface area contributed by atoms with Crippen molar-refractivity contribution in [2.75, 3.05) is 5.32 Å². The van der Waals surface area contributed by atoms with E-state index in [2.05, 4.69) is 10.3 Å². The van der Waals surface area contributed by atoms with Crippen molar-refractivity contribution in [1.29, 1.82) is 0 Å². The normalized spacial score (nSPS) is 13.0. The minimum Gasteiger partial charge on any atom is -0.326 e. The molecule has 0 atom stereocenters. The molecule has 3 heteroatoms. The van der Waals surface area contributed by atoms with E-state index in [4.69, 9.17) is 0 Å². The van der Waals surface area contributed by atoms with Crippen LogP contribution < -0.4 is 5.32 Å².